The Morgan fingerprint density at radius 1 is 0.356 bits per heavy atom. The molecule has 0 bridgehead atoms. The number of hydrogen-bond acceptors (Lipinski definition) is 10. The Morgan fingerprint density at radius 2 is 0.771 bits per heavy atom. The highest BCUT2D eigenvalue weighted by Gasteiger charge is 2.34. The molecule has 118 heavy (non-hydrogen) atoms. The van der Waals surface area contributed by atoms with Crippen LogP contribution in [-0.4, -0.2) is 95.5 Å². The lowest BCUT2D eigenvalue weighted by atomic mass is 10.1. The molecule has 0 fully saturated rings. The normalized spacial score (nSPS) is 15.4. The van der Waals surface area contributed by atoms with E-state index in [0.717, 1.165) is 116 Å². The lowest BCUT2D eigenvalue weighted by Crippen LogP contribution is -2.43. The topological polar surface area (TPSA) is 225 Å². The molecule has 1 atom stereocenters. The molecule has 16 nitrogen and oxygen atoms in total. The number of nitrogens with two attached hydrogens (primary N) is 5. The second-order valence-corrected chi connectivity index (χ2v) is 33.7. The van der Waals surface area contributed by atoms with Crippen molar-refractivity contribution in [3.8, 4) is 11.1 Å². The molecule has 1 unspecified atom stereocenters. The first kappa shape index (κ1) is 83.0. The number of halogens is 7. The number of hydrogen-bond donors (Lipinski definition) is 5. The van der Waals surface area contributed by atoms with Gasteiger partial charge >= 0.3 is 6.18 Å². The number of benzene rings is 13. The first-order chi connectivity index (χ1) is 57.3. The number of rotatable bonds is 6. The SMILES string of the molecule is NC(=Nc1cc(Cl)cc(Cl)c1)N1CCSc2ccccc21.NC(=Nc1ccc2ccccc2c1)N1CCSc2ccccc21.NC(=Nc1cccc(-c2ccccc2)c1)N1CCSc2ccccc21.NC(=Nc1cccc(F)c1F)N1CCSc2ccccc21.NC(=Nc1cccc2ccccc12)N1CCS(=O)c2ccc(C(F)(F)F)cc21. The van der Waals surface area contributed by atoms with Gasteiger partial charge in [-0.2, -0.15) is 13.2 Å². The van der Waals surface area contributed by atoms with E-state index in [2.05, 4.69) is 132 Å². The highest BCUT2D eigenvalue weighted by molar-refractivity contribution is 8.00. The van der Waals surface area contributed by atoms with E-state index >= 15 is 0 Å². The Kier molecular flexibility index (Phi) is 27.2. The molecule has 0 aliphatic carbocycles. The molecule has 0 aromatic heterocycles. The number of fused-ring (bicyclic) bond motifs is 7. The van der Waals surface area contributed by atoms with Gasteiger partial charge in [0.05, 0.1) is 72.4 Å². The quantitative estimate of drug-likeness (QED) is 0.0593. The lowest BCUT2D eigenvalue weighted by Gasteiger charge is -2.30. The molecule has 5 aliphatic heterocycles. The molecule has 0 saturated heterocycles. The number of para-hydroxylation sites is 4. The molecule has 0 radical (unpaired) electrons. The van der Waals surface area contributed by atoms with Crippen LogP contribution in [0.2, 0.25) is 10.0 Å². The van der Waals surface area contributed by atoms with Gasteiger partial charge in [0.15, 0.2) is 11.6 Å². The van der Waals surface area contributed by atoms with Gasteiger partial charge in [-0.15, -0.1) is 47.0 Å². The van der Waals surface area contributed by atoms with Crippen LogP contribution in [0.1, 0.15) is 5.56 Å². The van der Waals surface area contributed by atoms with Crippen molar-refractivity contribution in [3.63, 3.8) is 0 Å². The van der Waals surface area contributed by atoms with Crippen molar-refractivity contribution in [2.24, 2.45) is 53.6 Å². The fourth-order valence-electron chi connectivity index (χ4n) is 13.4. The maximum atomic E-state index is 13.7. The molecular formula is C90H78Cl2F5N15OS5. The van der Waals surface area contributed by atoms with E-state index in [1.54, 1.807) is 36.0 Å². The van der Waals surface area contributed by atoms with Gasteiger partial charge in [0.2, 0.25) is 29.8 Å². The molecule has 13 aromatic carbocycles. The van der Waals surface area contributed by atoms with E-state index in [4.69, 9.17) is 51.9 Å². The van der Waals surface area contributed by atoms with E-state index in [9.17, 15) is 26.2 Å². The zero-order valence-corrected chi connectivity index (χ0v) is 68.8. The van der Waals surface area contributed by atoms with Crippen LogP contribution in [0, 0.1) is 11.6 Å². The molecule has 18 rings (SSSR count). The summed E-state index contributed by atoms with van der Waals surface area (Å²) in [6.45, 7) is 3.47. The second-order valence-electron chi connectivity index (χ2n) is 26.7. The minimum Gasteiger partial charge on any atom is -0.369 e. The van der Waals surface area contributed by atoms with Gasteiger partial charge in [-0.3, -0.25) is 4.21 Å². The predicted molar refractivity (Wildman–Crippen MR) is 487 cm³/mol. The largest absolute Gasteiger partial charge is 0.416 e. The Balaban J connectivity index is 0.000000122. The Bertz CT molecular complexity index is 5960. The standard InChI is InChI=1S/C21H19N3S.C20H16F3N3OS.C19H17N3S.C15H13Cl2N3S.C15H13F2N3S/c22-21(24-13-14-25-20-12-5-4-11-19(20)24)23-18-10-6-9-17(15-18)16-7-2-1-3-8-16;21-20(22,23)14-8-9-18-17(12-14)26(10-11-28(18)27)19(24)25-16-7-3-5-13-4-1-2-6-15(13)16;20-19(22-11-12-23-18-8-4-3-7-17(18)22)21-16-10-9-14-5-1-2-6-15(14)13-16;16-10-7-11(17)9-12(8-10)19-15(18)20-5-6-21-14-4-2-1-3-13(14)20;16-10-4-3-5-11(14(10)17)19-15(18)20-8-9-21-13-7-2-1-6-12(13)20/h1-12,15H,13-14H2,(H2,22,23);1-9,12H,10-11H2,(H2,24,25);1-10,13H,11-12H2,(H2,20,21);1-4,7-9H,5-6H2,(H2,18,19);1-7H,8-9H2,(H2,18,19). The van der Waals surface area contributed by atoms with Gasteiger partial charge in [0, 0.05) is 96.5 Å². The van der Waals surface area contributed by atoms with Crippen LogP contribution in [0.15, 0.2) is 341 Å². The van der Waals surface area contributed by atoms with Crippen LogP contribution in [0.25, 0.3) is 32.7 Å². The van der Waals surface area contributed by atoms with E-state index in [1.165, 1.54) is 54.1 Å². The van der Waals surface area contributed by atoms with Gasteiger partial charge in [-0.1, -0.05) is 187 Å². The zero-order chi connectivity index (χ0) is 82.2. The molecule has 5 heterocycles. The number of nitrogens with zero attached hydrogens (tertiary/aromatic N) is 10. The number of alkyl halides is 3. The highest BCUT2D eigenvalue weighted by atomic mass is 35.5. The Labute approximate surface area is 709 Å². The fourth-order valence-corrected chi connectivity index (χ4v) is 19.1. The molecule has 10 N–H and O–H groups in total. The molecule has 28 heteroatoms. The summed E-state index contributed by atoms with van der Waals surface area (Å²) >= 11 is 19.3. The first-order valence-electron chi connectivity index (χ1n) is 37.3. The first-order valence-corrected chi connectivity index (χ1v) is 43.4. The summed E-state index contributed by atoms with van der Waals surface area (Å²) in [5, 5.41) is 5.35. The fraction of sp³-hybridized carbons (Fsp3) is 0.122. The highest BCUT2D eigenvalue weighted by Crippen LogP contribution is 2.42. The van der Waals surface area contributed by atoms with Crippen LogP contribution in [-0.2, 0) is 17.0 Å². The van der Waals surface area contributed by atoms with Crippen LogP contribution in [0.3, 0.4) is 0 Å². The molecule has 0 saturated carbocycles. The maximum absolute atomic E-state index is 13.7. The third-order valence-electron chi connectivity index (χ3n) is 19.1. The Hall–Kier alpha value is -11.5. The van der Waals surface area contributed by atoms with Crippen molar-refractivity contribution in [2.75, 3.05) is 86.0 Å². The molecule has 13 aromatic rings. The monoisotopic (exact) mass is 1710 g/mol. The summed E-state index contributed by atoms with van der Waals surface area (Å²) in [6.07, 6.45) is -4.50. The minimum atomic E-state index is -4.50. The molecule has 5 aliphatic rings. The number of guanidine groups is 5. The third-order valence-corrected chi connectivity index (χ3v) is 25.0. The van der Waals surface area contributed by atoms with Crippen molar-refractivity contribution in [3.05, 3.63) is 318 Å². The third kappa shape index (κ3) is 20.5. The van der Waals surface area contributed by atoms with Crippen molar-refractivity contribution < 1.29 is 26.2 Å². The summed E-state index contributed by atoms with van der Waals surface area (Å²) in [5.41, 5.74) is 39.9. The average Bonchev–Trinajstić information content (AvgIpc) is 0.778. The summed E-state index contributed by atoms with van der Waals surface area (Å²) < 4.78 is 78.6. The van der Waals surface area contributed by atoms with Crippen molar-refractivity contribution in [2.45, 2.75) is 30.7 Å². The predicted octanol–water partition coefficient (Wildman–Crippen LogP) is 21.8. The number of anilines is 5. The Morgan fingerprint density at radius 3 is 1.31 bits per heavy atom. The summed E-state index contributed by atoms with van der Waals surface area (Å²) in [6, 6.07) is 91.0. The zero-order valence-electron chi connectivity index (χ0n) is 63.2. The van der Waals surface area contributed by atoms with Crippen LogP contribution in [0.5, 0.6) is 0 Å². The van der Waals surface area contributed by atoms with Gasteiger partial charge in [0.1, 0.15) is 5.69 Å². The molecule has 0 spiro atoms. The number of thioether (sulfide) groups is 4. The molecule has 0 amide bonds. The summed E-state index contributed by atoms with van der Waals surface area (Å²) in [4.78, 5) is 36.9. The van der Waals surface area contributed by atoms with E-state index in [-0.39, 0.29) is 35.6 Å². The minimum absolute atomic E-state index is 0.0635. The van der Waals surface area contributed by atoms with E-state index in [1.807, 2.05) is 179 Å². The van der Waals surface area contributed by atoms with Crippen molar-refractivity contribution in [1.29, 1.82) is 0 Å². The molecule has 598 valence electrons. The average molecular weight is 1710 g/mol. The van der Waals surface area contributed by atoms with Crippen molar-refractivity contribution >= 4 is 189 Å². The van der Waals surface area contributed by atoms with Crippen LogP contribution >= 0.6 is 70.2 Å². The second kappa shape index (κ2) is 38.7. The maximum Gasteiger partial charge on any atom is 0.416 e. The van der Waals surface area contributed by atoms with Gasteiger partial charge in [-0.25, -0.2) is 33.7 Å². The van der Waals surface area contributed by atoms with E-state index < -0.39 is 34.2 Å². The lowest BCUT2D eigenvalue weighted by molar-refractivity contribution is -0.137. The van der Waals surface area contributed by atoms with Gasteiger partial charge < -0.3 is 53.2 Å². The molecular weight excluding hydrogens is 1630 g/mol. The van der Waals surface area contributed by atoms with Crippen LogP contribution in [0.4, 0.5) is 78.8 Å². The van der Waals surface area contributed by atoms with Crippen LogP contribution < -0.4 is 53.2 Å². The summed E-state index contributed by atoms with van der Waals surface area (Å²) in [5.74, 6) is 3.97. The van der Waals surface area contributed by atoms with Gasteiger partial charge in [0.25, 0.3) is 0 Å². The van der Waals surface area contributed by atoms with Crippen molar-refractivity contribution in [1.82, 2.24) is 0 Å². The van der Waals surface area contributed by atoms with E-state index in [0.29, 0.717) is 50.7 Å². The number of aliphatic imine (C=N–C) groups is 5. The summed E-state index contributed by atoms with van der Waals surface area (Å²) in [7, 11) is -1.38. The smallest absolute Gasteiger partial charge is 0.369 e. The van der Waals surface area contributed by atoms with Gasteiger partial charge in [-0.05, 0) is 155 Å².